The Morgan fingerprint density at radius 3 is 2.81 bits per heavy atom. The highest BCUT2D eigenvalue weighted by molar-refractivity contribution is 6.08. The Bertz CT molecular complexity index is 816. The molecule has 0 aliphatic heterocycles. The topological polar surface area (TPSA) is 55.0 Å². The van der Waals surface area contributed by atoms with Gasteiger partial charge in [0.2, 0.25) is 0 Å². The van der Waals surface area contributed by atoms with Crippen LogP contribution in [0.25, 0.3) is 21.8 Å². The number of hydrogen-bond acceptors (Lipinski definition) is 3. The quantitative estimate of drug-likeness (QED) is 0.726. The predicted octanol–water partition coefficient (Wildman–Crippen LogP) is 3.82. The number of carbonyl (C=O) groups excluding carboxylic acids is 1. The maximum absolute atomic E-state index is 12.2. The Morgan fingerprint density at radius 2 is 1.95 bits per heavy atom. The van der Waals surface area contributed by atoms with Gasteiger partial charge in [-0.15, -0.1) is 0 Å². The zero-order valence-electron chi connectivity index (χ0n) is 11.6. The molecule has 1 aliphatic rings. The van der Waals surface area contributed by atoms with E-state index in [0.717, 1.165) is 47.5 Å². The van der Waals surface area contributed by atoms with E-state index in [-0.39, 0.29) is 12.1 Å². The van der Waals surface area contributed by atoms with E-state index in [9.17, 15) is 4.79 Å². The third-order valence-corrected chi connectivity index (χ3v) is 4.18. The fraction of sp³-hybridized carbons (Fsp3) is 0.294. The molecule has 0 unspecified atom stereocenters. The van der Waals surface area contributed by atoms with Crippen LogP contribution in [0.1, 0.15) is 36.2 Å². The molecular formula is C17H16N2O2. The number of carbonyl (C=O) groups is 1. The number of fused-ring (bicyclic) bond motifs is 3. The summed E-state index contributed by atoms with van der Waals surface area (Å²) in [5.41, 5.74) is 2.38. The fourth-order valence-electron chi connectivity index (χ4n) is 3.08. The van der Waals surface area contributed by atoms with Crippen LogP contribution in [0.15, 0.2) is 36.5 Å². The van der Waals surface area contributed by atoms with Crippen molar-refractivity contribution in [3.05, 3.63) is 42.2 Å². The van der Waals surface area contributed by atoms with Gasteiger partial charge in [-0.2, -0.15) is 0 Å². The average Bonchev–Trinajstić information content (AvgIpc) is 3.13. The molecule has 21 heavy (non-hydrogen) atoms. The summed E-state index contributed by atoms with van der Waals surface area (Å²) < 4.78 is 5.52. The molecule has 1 N–H and O–H groups in total. The number of ether oxygens (including phenoxy) is 1. The summed E-state index contributed by atoms with van der Waals surface area (Å²) in [7, 11) is 0. The summed E-state index contributed by atoms with van der Waals surface area (Å²) in [6.07, 6.45) is 6.01. The Kier molecular flexibility index (Phi) is 2.88. The number of esters is 1. The van der Waals surface area contributed by atoms with Crippen LogP contribution in [0, 0.1) is 0 Å². The number of rotatable bonds is 2. The third-order valence-electron chi connectivity index (χ3n) is 4.18. The standard InChI is InChI=1S/C17H16N2O2/c20-17(21-11-5-1-2-6-11)15-9-13-12-7-3-4-8-14(12)19-16(13)10-18-15/h3-4,7-11,19H,1-2,5-6H2. The lowest BCUT2D eigenvalue weighted by molar-refractivity contribution is 0.0311. The maximum atomic E-state index is 12.2. The van der Waals surface area contributed by atoms with Gasteiger partial charge in [-0.3, -0.25) is 0 Å². The van der Waals surface area contributed by atoms with Gasteiger partial charge >= 0.3 is 5.97 Å². The average molecular weight is 280 g/mol. The van der Waals surface area contributed by atoms with Crippen LogP contribution >= 0.6 is 0 Å². The predicted molar refractivity (Wildman–Crippen MR) is 81.3 cm³/mol. The first kappa shape index (κ1) is 12.4. The van der Waals surface area contributed by atoms with E-state index in [0.29, 0.717) is 5.69 Å². The lowest BCUT2D eigenvalue weighted by Crippen LogP contribution is -2.15. The second-order valence-electron chi connectivity index (χ2n) is 5.60. The molecule has 3 aromatic rings. The fourth-order valence-corrected chi connectivity index (χ4v) is 3.08. The number of nitrogens with one attached hydrogen (secondary N) is 1. The van der Waals surface area contributed by atoms with Gasteiger partial charge in [0.15, 0.2) is 0 Å². The summed E-state index contributed by atoms with van der Waals surface area (Å²) in [5.74, 6) is -0.311. The minimum Gasteiger partial charge on any atom is -0.458 e. The lowest BCUT2D eigenvalue weighted by atomic mass is 10.1. The minimum absolute atomic E-state index is 0.0676. The molecule has 1 aliphatic carbocycles. The van der Waals surface area contributed by atoms with Gasteiger partial charge in [-0.05, 0) is 37.8 Å². The van der Waals surface area contributed by atoms with Crippen LogP contribution in [0.2, 0.25) is 0 Å². The van der Waals surface area contributed by atoms with Crippen molar-refractivity contribution in [1.82, 2.24) is 9.97 Å². The summed E-state index contributed by atoms with van der Waals surface area (Å²) in [4.78, 5) is 19.7. The summed E-state index contributed by atoms with van der Waals surface area (Å²) in [5, 5.41) is 2.11. The van der Waals surface area contributed by atoms with E-state index in [1.165, 1.54) is 0 Å². The van der Waals surface area contributed by atoms with Crippen molar-refractivity contribution in [2.75, 3.05) is 0 Å². The van der Waals surface area contributed by atoms with Crippen LogP contribution in [0.4, 0.5) is 0 Å². The number of pyridine rings is 1. The number of H-pyrrole nitrogens is 1. The zero-order chi connectivity index (χ0) is 14.2. The monoisotopic (exact) mass is 280 g/mol. The highest BCUT2D eigenvalue weighted by Gasteiger charge is 2.21. The van der Waals surface area contributed by atoms with Crippen molar-refractivity contribution in [3.63, 3.8) is 0 Å². The molecule has 1 fully saturated rings. The van der Waals surface area contributed by atoms with Crippen molar-refractivity contribution >= 4 is 27.8 Å². The second kappa shape index (κ2) is 4.88. The van der Waals surface area contributed by atoms with Gasteiger partial charge in [-0.1, -0.05) is 18.2 Å². The van der Waals surface area contributed by atoms with E-state index in [2.05, 4.69) is 9.97 Å². The smallest absolute Gasteiger partial charge is 0.357 e. The SMILES string of the molecule is O=C(OC1CCCC1)c1cc2c(cn1)[nH]c1ccccc12. The van der Waals surface area contributed by atoms with Crippen molar-refractivity contribution in [3.8, 4) is 0 Å². The Labute approximate surface area is 122 Å². The first-order chi connectivity index (χ1) is 10.3. The number of hydrogen-bond donors (Lipinski definition) is 1. The van der Waals surface area contributed by atoms with E-state index < -0.39 is 0 Å². The minimum atomic E-state index is -0.311. The molecule has 4 heteroatoms. The molecule has 4 rings (SSSR count). The number of nitrogens with zero attached hydrogens (tertiary/aromatic N) is 1. The van der Waals surface area contributed by atoms with Crippen molar-refractivity contribution in [1.29, 1.82) is 0 Å². The van der Waals surface area contributed by atoms with E-state index in [1.807, 2.05) is 30.3 Å². The molecule has 0 amide bonds. The number of para-hydroxylation sites is 1. The first-order valence-electron chi connectivity index (χ1n) is 7.39. The van der Waals surface area contributed by atoms with Gasteiger partial charge in [0.05, 0.1) is 11.7 Å². The van der Waals surface area contributed by atoms with Crippen LogP contribution in [0.3, 0.4) is 0 Å². The van der Waals surface area contributed by atoms with Crippen LogP contribution in [-0.4, -0.2) is 22.0 Å². The van der Waals surface area contributed by atoms with E-state index >= 15 is 0 Å². The molecule has 0 radical (unpaired) electrons. The third kappa shape index (κ3) is 2.17. The molecule has 2 heterocycles. The normalized spacial score (nSPS) is 15.8. The summed E-state index contributed by atoms with van der Waals surface area (Å²) in [6.45, 7) is 0. The molecule has 0 saturated heterocycles. The van der Waals surface area contributed by atoms with Crippen molar-refractivity contribution < 1.29 is 9.53 Å². The molecule has 106 valence electrons. The zero-order valence-corrected chi connectivity index (χ0v) is 11.6. The highest BCUT2D eigenvalue weighted by Crippen LogP contribution is 2.26. The number of benzene rings is 1. The summed E-state index contributed by atoms with van der Waals surface area (Å²) in [6, 6.07) is 9.87. The summed E-state index contributed by atoms with van der Waals surface area (Å²) >= 11 is 0. The number of aromatic amines is 1. The molecule has 1 saturated carbocycles. The van der Waals surface area contributed by atoms with Crippen LogP contribution < -0.4 is 0 Å². The Balaban J connectivity index is 1.72. The lowest BCUT2D eigenvalue weighted by Gasteiger charge is -2.10. The second-order valence-corrected chi connectivity index (χ2v) is 5.60. The van der Waals surface area contributed by atoms with E-state index in [1.54, 1.807) is 6.20 Å². The van der Waals surface area contributed by atoms with Gasteiger partial charge in [0.25, 0.3) is 0 Å². The highest BCUT2D eigenvalue weighted by atomic mass is 16.5. The van der Waals surface area contributed by atoms with Crippen molar-refractivity contribution in [2.45, 2.75) is 31.8 Å². The number of aromatic nitrogens is 2. The molecule has 0 spiro atoms. The van der Waals surface area contributed by atoms with Crippen LogP contribution in [0.5, 0.6) is 0 Å². The first-order valence-corrected chi connectivity index (χ1v) is 7.39. The molecule has 0 bridgehead atoms. The molecule has 0 atom stereocenters. The van der Waals surface area contributed by atoms with Gasteiger partial charge in [-0.25, -0.2) is 9.78 Å². The Morgan fingerprint density at radius 1 is 1.14 bits per heavy atom. The Hall–Kier alpha value is -2.36. The van der Waals surface area contributed by atoms with Gasteiger partial charge < -0.3 is 9.72 Å². The maximum Gasteiger partial charge on any atom is 0.357 e. The largest absolute Gasteiger partial charge is 0.458 e. The molecule has 2 aromatic heterocycles. The molecule has 4 nitrogen and oxygen atoms in total. The van der Waals surface area contributed by atoms with Crippen molar-refractivity contribution in [2.24, 2.45) is 0 Å². The van der Waals surface area contributed by atoms with Crippen LogP contribution in [-0.2, 0) is 4.74 Å². The van der Waals surface area contributed by atoms with Gasteiger partial charge in [0.1, 0.15) is 11.8 Å². The van der Waals surface area contributed by atoms with Gasteiger partial charge in [0, 0.05) is 16.3 Å². The molecule has 1 aromatic carbocycles. The van der Waals surface area contributed by atoms with E-state index in [4.69, 9.17) is 4.74 Å². The molecular weight excluding hydrogens is 264 g/mol.